The maximum atomic E-state index is 13.6. The van der Waals surface area contributed by atoms with E-state index in [0.29, 0.717) is 11.4 Å². The smallest absolute Gasteiger partial charge is 0.268 e. The van der Waals surface area contributed by atoms with Crippen molar-refractivity contribution in [1.82, 2.24) is 4.98 Å². The number of methoxy groups -OCH3 is 2. The Morgan fingerprint density at radius 2 is 1.75 bits per heavy atom. The molecule has 0 aliphatic rings. The molecule has 0 aliphatic heterocycles. The molecule has 1 N–H and O–H groups in total. The van der Waals surface area contributed by atoms with Crippen molar-refractivity contribution in [3.8, 4) is 17.2 Å². The van der Waals surface area contributed by atoms with Crippen molar-refractivity contribution < 1.29 is 23.0 Å². The number of aromatic hydroxyl groups is 1. The van der Waals surface area contributed by atoms with Crippen molar-refractivity contribution in [3.63, 3.8) is 0 Å². The Hall–Kier alpha value is -3.26. The first-order chi connectivity index (χ1) is 13.5. The number of aromatic nitrogens is 1. The van der Waals surface area contributed by atoms with Gasteiger partial charge in [0.25, 0.3) is 10.0 Å². The maximum absolute atomic E-state index is 13.6. The number of anilines is 1. The van der Waals surface area contributed by atoms with Crippen LogP contribution in [-0.2, 0) is 16.6 Å². The summed E-state index contributed by atoms with van der Waals surface area (Å²) in [5.74, 6) is 0.376. The molecule has 7 nitrogen and oxygen atoms in total. The standard InChI is InChI=1S/C20H20N2O5S/c1-26-16-10-11-19(27-2)20(13-16)28(24,25)22(14-15-7-5-6-12-21-15)17-8-3-4-9-18(17)23/h3-13,23H,14H2,1-2H3. The van der Waals surface area contributed by atoms with Gasteiger partial charge in [0.2, 0.25) is 0 Å². The fraction of sp³-hybridized carbons (Fsp3) is 0.150. The molecule has 0 amide bonds. The van der Waals surface area contributed by atoms with E-state index in [0.717, 1.165) is 4.31 Å². The Balaban J connectivity index is 2.18. The molecule has 8 heteroatoms. The van der Waals surface area contributed by atoms with E-state index in [-0.39, 0.29) is 28.6 Å². The first kappa shape index (κ1) is 19.5. The summed E-state index contributed by atoms with van der Waals surface area (Å²) in [6, 6.07) is 16.0. The van der Waals surface area contributed by atoms with Crippen molar-refractivity contribution in [1.29, 1.82) is 0 Å². The average molecular weight is 400 g/mol. The Bertz CT molecular complexity index is 1060. The molecule has 1 aromatic heterocycles. The number of benzene rings is 2. The summed E-state index contributed by atoms with van der Waals surface area (Å²) in [4.78, 5) is 4.14. The van der Waals surface area contributed by atoms with Gasteiger partial charge in [-0.3, -0.25) is 9.29 Å². The molecule has 2 aromatic carbocycles. The normalized spacial score (nSPS) is 11.1. The SMILES string of the molecule is COc1ccc(OC)c(S(=O)(=O)N(Cc2ccccn2)c2ccccc2O)c1. The van der Waals surface area contributed by atoms with Crippen molar-refractivity contribution >= 4 is 15.7 Å². The van der Waals surface area contributed by atoms with Gasteiger partial charge in [-0.05, 0) is 36.4 Å². The molecule has 0 spiro atoms. The van der Waals surface area contributed by atoms with Gasteiger partial charge in [0.1, 0.15) is 22.1 Å². The Morgan fingerprint density at radius 1 is 1.00 bits per heavy atom. The number of phenolic OH excluding ortho intramolecular Hbond substituents is 1. The number of para-hydroxylation sites is 2. The number of nitrogens with zero attached hydrogens (tertiary/aromatic N) is 2. The predicted molar refractivity (Wildman–Crippen MR) is 105 cm³/mol. The first-order valence-electron chi connectivity index (χ1n) is 8.40. The van der Waals surface area contributed by atoms with Crippen LogP contribution < -0.4 is 13.8 Å². The number of rotatable bonds is 7. The second-order valence-electron chi connectivity index (χ2n) is 5.84. The summed E-state index contributed by atoms with van der Waals surface area (Å²) in [5.41, 5.74) is 0.661. The minimum Gasteiger partial charge on any atom is -0.506 e. The molecule has 0 unspecified atom stereocenters. The molecule has 0 atom stereocenters. The Labute approximate surface area is 163 Å². The zero-order valence-corrected chi connectivity index (χ0v) is 16.3. The topological polar surface area (TPSA) is 89.0 Å². The fourth-order valence-corrected chi connectivity index (χ4v) is 4.34. The number of phenols is 1. The number of hydrogen-bond donors (Lipinski definition) is 1. The Morgan fingerprint density at radius 3 is 2.39 bits per heavy atom. The third kappa shape index (κ3) is 3.86. The average Bonchev–Trinajstić information content (AvgIpc) is 2.72. The van der Waals surface area contributed by atoms with E-state index in [1.165, 1.54) is 38.5 Å². The molecule has 0 radical (unpaired) electrons. The molecular formula is C20H20N2O5S. The van der Waals surface area contributed by atoms with Crippen molar-refractivity contribution in [2.75, 3.05) is 18.5 Å². The summed E-state index contributed by atoms with van der Waals surface area (Å²) >= 11 is 0. The van der Waals surface area contributed by atoms with Crippen LogP contribution in [0.4, 0.5) is 5.69 Å². The van der Waals surface area contributed by atoms with Crippen molar-refractivity contribution in [2.45, 2.75) is 11.4 Å². The quantitative estimate of drug-likeness (QED) is 0.655. The third-order valence-electron chi connectivity index (χ3n) is 4.12. The third-order valence-corrected chi connectivity index (χ3v) is 5.90. The van der Waals surface area contributed by atoms with Gasteiger partial charge in [0.15, 0.2) is 0 Å². The number of ether oxygens (including phenoxy) is 2. The van der Waals surface area contributed by atoms with E-state index in [4.69, 9.17) is 9.47 Å². The van der Waals surface area contributed by atoms with Crippen molar-refractivity contribution in [3.05, 3.63) is 72.6 Å². The van der Waals surface area contributed by atoms with Crippen LogP contribution in [0.2, 0.25) is 0 Å². The lowest BCUT2D eigenvalue weighted by Crippen LogP contribution is -2.31. The molecule has 1 heterocycles. The van der Waals surface area contributed by atoms with E-state index in [1.54, 1.807) is 42.6 Å². The minimum atomic E-state index is -4.12. The molecule has 28 heavy (non-hydrogen) atoms. The van der Waals surface area contributed by atoms with E-state index in [1.807, 2.05) is 0 Å². The number of hydrogen-bond acceptors (Lipinski definition) is 6. The molecule has 0 saturated heterocycles. The lowest BCUT2D eigenvalue weighted by atomic mass is 10.3. The summed E-state index contributed by atoms with van der Waals surface area (Å²) in [5, 5.41) is 10.3. The maximum Gasteiger partial charge on any atom is 0.268 e. The van der Waals surface area contributed by atoms with Crippen LogP contribution in [0.5, 0.6) is 17.2 Å². The van der Waals surface area contributed by atoms with Crippen LogP contribution in [0.1, 0.15) is 5.69 Å². The predicted octanol–water partition coefficient (Wildman–Crippen LogP) is 3.20. The first-order valence-corrected chi connectivity index (χ1v) is 9.84. The summed E-state index contributed by atoms with van der Waals surface area (Å²) in [7, 11) is -1.28. The van der Waals surface area contributed by atoms with Crippen LogP contribution in [0.3, 0.4) is 0 Å². The summed E-state index contributed by atoms with van der Waals surface area (Å²) < 4.78 is 38.7. The second kappa shape index (κ2) is 8.18. The number of pyridine rings is 1. The molecule has 3 aromatic rings. The van der Waals surface area contributed by atoms with Gasteiger partial charge < -0.3 is 14.6 Å². The van der Waals surface area contributed by atoms with Crippen molar-refractivity contribution in [2.24, 2.45) is 0 Å². The molecule has 3 rings (SSSR count). The molecule has 0 saturated carbocycles. The zero-order valence-electron chi connectivity index (χ0n) is 15.4. The molecule has 0 fully saturated rings. The van der Waals surface area contributed by atoms with Gasteiger partial charge >= 0.3 is 0 Å². The van der Waals surface area contributed by atoms with Crippen LogP contribution in [-0.4, -0.2) is 32.7 Å². The zero-order chi connectivity index (χ0) is 20.1. The lowest BCUT2D eigenvalue weighted by molar-refractivity contribution is 0.392. The van der Waals surface area contributed by atoms with Crippen LogP contribution in [0.25, 0.3) is 0 Å². The van der Waals surface area contributed by atoms with Crippen LogP contribution >= 0.6 is 0 Å². The van der Waals surface area contributed by atoms with E-state index in [9.17, 15) is 13.5 Å². The van der Waals surface area contributed by atoms with Crippen LogP contribution in [0.15, 0.2) is 71.8 Å². The van der Waals surface area contributed by atoms with Gasteiger partial charge in [0, 0.05) is 12.3 Å². The highest BCUT2D eigenvalue weighted by Gasteiger charge is 2.30. The molecule has 0 bridgehead atoms. The monoisotopic (exact) mass is 400 g/mol. The minimum absolute atomic E-state index is 0.0683. The van der Waals surface area contributed by atoms with Gasteiger partial charge in [0.05, 0.1) is 32.1 Å². The van der Waals surface area contributed by atoms with Gasteiger partial charge in [-0.15, -0.1) is 0 Å². The second-order valence-corrected chi connectivity index (χ2v) is 7.67. The molecular weight excluding hydrogens is 380 g/mol. The highest BCUT2D eigenvalue weighted by molar-refractivity contribution is 7.93. The fourth-order valence-electron chi connectivity index (χ4n) is 2.72. The number of sulfonamides is 1. The highest BCUT2D eigenvalue weighted by atomic mass is 32.2. The largest absolute Gasteiger partial charge is 0.506 e. The van der Waals surface area contributed by atoms with E-state index in [2.05, 4.69) is 4.98 Å². The van der Waals surface area contributed by atoms with Crippen LogP contribution in [0, 0.1) is 0 Å². The summed E-state index contributed by atoms with van der Waals surface area (Å²) in [6.45, 7) is -0.0683. The van der Waals surface area contributed by atoms with Gasteiger partial charge in [-0.1, -0.05) is 18.2 Å². The highest BCUT2D eigenvalue weighted by Crippen LogP contribution is 2.36. The Kier molecular flexibility index (Phi) is 5.70. The van der Waals surface area contributed by atoms with Gasteiger partial charge in [-0.2, -0.15) is 0 Å². The van der Waals surface area contributed by atoms with E-state index < -0.39 is 10.0 Å². The van der Waals surface area contributed by atoms with Gasteiger partial charge in [-0.25, -0.2) is 8.42 Å². The molecule has 0 aliphatic carbocycles. The van der Waals surface area contributed by atoms with E-state index >= 15 is 0 Å². The molecule has 146 valence electrons. The summed E-state index contributed by atoms with van der Waals surface area (Å²) in [6.07, 6.45) is 1.58. The lowest BCUT2D eigenvalue weighted by Gasteiger charge is -2.26.